The fourth-order valence-corrected chi connectivity index (χ4v) is 4.75. The SMILES string of the molecule is Cc1cc(/N=N/c2n(C)nc[n+]2C)ccc1N1CCN(c2ccc(/N=N/c3n(C)nc[n+]3C)cc2C)CC1.[Br-].[Br-]. The summed E-state index contributed by atoms with van der Waals surface area (Å²) in [5.41, 5.74) is 6.53. The summed E-state index contributed by atoms with van der Waals surface area (Å²) >= 11 is 0. The van der Waals surface area contributed by atoms with Crippen molar-refractivity contribution in [2.45, 2.75) is 13.8 Å². The number of piperazine rings is 1. The number of aryl methyl sites for hydroxylation is 6. The lowest BCUT2D eigenvalue weighted by Gasteiger charge is -2.38. The zero-order chi connectivity index (χ0) is 26.8. The zero-order valence-corrected chi connectivity index (χ0v) is 26.7. The molecular formula is C26H34Br2N12. The highest BCUT2D eigenvalue weighted by molar-refractivity contribution is 5.62. The second-order valence-corrected chi connectivity index (χ2v) is 9.65. The molecule has 1 aliphatic rings. The first-order valence-electron chi connectivity index (χ1n) is 12.6. The van der Waals surface area contributed by atoms with Gasteiger partial charge in [-0.3, -0.25) is 0 Å². The van der Waals surface area contributed by atoms with Crippen molar-refractivity contribution in [3.63, 3.8) is 0 Å². The molecule has 0 N–H and O–H groups in total. The van der Waals surface area contributed by atoms with Crippen LogP contribution in [0.3, 0.4) is 0 Å². The predicted molar refractivity (Wildman–Crippen MR) is 144 cm³/mol. The van der Waals surface area contributed by atoms with Crippen molar-refractivity contribution in [2.75, 3.05) is 36.0 Å². The molecule has 0 unspecified atom stereocenters. The number of azo groups is 2. The third-order valence-corrected chi connectivity index (χ3v) is 6.84. The third kappa shape index (κ3) is 6.61. The van der Waals surface area contributed by atoms with Crippen molar-refractivity contribution < 1.29 is 43.1 Å². The summed E-state index contributed by atoms with van der Waals surface area (Å²) in [4.78, 5) is 4.89. The van der Waals surface area contributed by atoms with Crippen LogP contribution in [0.4, 0.5) is 34.6 Å². The van der Waals surface area contributed by atoms with Crippen LogP contribution in [0.1, 0.15) is 11.1 Å². The first-order chi connectivity index (χ1) is 18.3. The van der Waals surface area contributed by atoms with E-state index in [9.17, 15) is 0 Å². The maximum Gasteiger partial charge on any atom is 0.403 e. The van der Waals surface area contributed by atoms with Crippen LogP contribution in [0.5, 0.6) is 0 Å². The van der Waals surface area contributed by atoms with Crippen LogP contribution < -0.4 is 52.9 Å². The van der Waals surface area contributed by atoms with Gasteiger partial charge in [0.15, 0.2) is 0 Å². The highest BCUT2D eigenvalue weighted by atomic mass is 79.9. The van der Waals surface area contributed by atoms with Crippen LogP contribution >= 0.6 is 0 Å². The molecule has 12 nitrogen and oxygen atoms in total. The Labute approximate surface area is 255 Å². The van der Waals surface area contributed by atoms with Crippen LogP contribution in [0.15, 0.2) is 69.5 Å². The van der Waals surface area contributed by atoms with Gasteiger partial charge < -0.3 is 43.8 Å². The third-order valence-electron chi connectivity index (χ3n) is 6.84. The summed E-state index contributed by atoms with van der Waals surface area (Å²) in [6, 6.07) is 12.5. The average Bonchev–Trinajstić information content (AvgIpc) is 3.40. The maximum absolute atomic E-state index is 4.42. The number of hydrogen-bond acceptors (Lipinski definition) is 8. The van der Waals surface area contributed by atoms with Crippen LogP contribution in [0.2, 0.25) is 0 Å². The van der Waals surface area contributed by atoms with Gasteiger partial charge in [-0.25, -0.2) is 9.13 Å². The Hall–Kier alpha value is -3.52. The standard InChI is InChI=1S/C26H34N12.2BrH/c1-19-15-21(29-31-25-33(3)17-27-35(25)5)7-9-23(19)37-11-13-38(14-12-37)24-10-8-22(16-20(24)2)30-32-26-34(4)18-28-36(26)6;;/h7-10,15-18H,11-14H2,1-6H3;2*1H/q+2;;/p-2. The normalized spacial score (nSPS) is 13.7. The summed E-state index contributed by atoms with van der Waals surface area (Å²) in [6.45, 7) is 8.06. The minimum atomic E-state index is 0. The Morgan fingerprint density at radius 1 is 0.625 bits per heavy atom. The molecule has 4 aromatic rings. The molecule has 14 heteroatoms. The van der Waals surface area contributed by atoms with Gasteiger partial charge in [0.2, 0.25) is 12.7 Å². The molecule has 40 heavy (non-hydrogen) atoms. The molecule has 2 aromatic heterocycles. The summed E-state index contributed by atoms with van der Waals surface area (Å²) in [5.74, 6) is 1.38. The molecular weight excluding hydrogens is 640 g/mol. The molecule has 1 saturated heterocycles. The maximum atomic E-state index is 4.42. The fraction of sp³-hybridized carbons (Fsp3) is 0.385. The molecule has 0 spiro atoms. The van der Waals surface area contributed by atoms with Crippen LogP contribution in [0, 0.1) is 13.8 Å². The van der Waals surface area contributed by atoms with E-state index < -0.39 is 0 Å². The van der Waals surface area contributed by atoms with E-state index in [2.05, 4.69) is 78.6 Å². The van der Waals surface area contributed by atoms with Gasteiger partial charge in [-0.15, -0.1) is 9.36 Å². The quantitative estimate of drug-likeness (QED) is 0.168. The van der Waals surface area contributed by atoms with E-state index >= 15 is 0 Å². The first-order valence-corrected chi connectivity index (χ1v) is 12.6. The highest BCUT2D eigenvalue weighted by Crippen LogP contribution is 2.30. The average molecular weight is 674 g/mol. The van der Waals surface area contributed by atoms with Gasteiger partial charge in [-0.1, -0.05) is 10.2 Å². The second kappa shape index (κ2) is 13.2. The van der Waals surface area contributed by atoms with E-state index in [1.54, 1.807) is 22.0 Å². The molecule has 212 valence electrons. The lowest BCUT2D eigenvalue weighted by molar-refractivity contribution is -0.659. The van der Waals surface area contributed by atoms with E-state index in [0.29, 0.717) is 11.9 Å². The molecule has 5 rings (SSSR count). The zero-order valence-electron chi connectivity index (χ0n) is 23.6. The Morgan fingerprint density at radius 3 is 1.30 bits per heavy atom. The van der Waals surface area contributed by atoms with Crippen molar-refractivity contribution in [3.8, 4) is 0 Å². The summed E-state index contributed by atoms with van der Waals surface area (Å²) < 4.78 is 7.08. The summed E-state index contributed by atoms with van der Waals surface area (Å²) in [7, 11) is 7.52. The lowest BCUT2D eigenvalue weighted by atomic mass is 10.1. The Balaban J connectivity index is 0.00000220. The van der Waals surface area contributed by atoms with Gasteiger partial charge in [-0.05, 0) is 71.6 Å². The molecule has 3 heterocycles. The highest BCUT2D eigenvalue weighted by Gasteiger charge is 2.20. The Morgan fingerprint density at radius 2 is 1.00 bits per heavy atom. The van der Waals surface area contributed by atoms with Gasteiger partial charge >= 0.3 is 11.9 Å². The number of rotatable bonds is 6. The number of nitrogens with zero attached hydrogens (tertiary/aromatic N) is 12. The van der Waals surface area contributed by atoms with Crippen LogP contribution in [-0.2, 0) is 28.2 Å². The minimum Gasteiger partial charge on any atom is -1.00 e. The molecule has 0 saturated carbocycles. The largest absolute Gasteiger partial charge is 1.00 e. The molecule has 0 amide bonds. The van der Waals surface area contributed by atoms with Gasteiger partial charge in [0.1, 0.15) is 0 Å². The molecule has 0 atom stereocenters. The molecule has 0 aliphatic carbocycles. The van der Waals surface area contributed by atoms with E-state index in [-0.39, 0.29) is 34.0 Å². The number of benzene rings is 2. The predicted octanol–water partition coefficient (Wildman–Crippen LogP) is -2.42. The van der Waals surface area contributed by atoms with E-state index in [1.165, 1.54) is 22.5 Å². The number of aromatic nitrogens is 6. The van der Waals surface area contributed by atoms with Gasteiger partial charge in [0.25, 0.3) is 0 Å². The van der Waals surface area contributed by atoms with Crippen molar-refractivity contribution >= 4 is 34.6 Å². The van der Waals surface area contributed by atoms with E-state index in [1.807, 2.05) is 49.5 Å². The van der Waals surface area contributed by atoms with Crippen molar-refractivity contribution in [3.05, 3.63) is 60.2 Å². The van der Waals surface area contributed by atoms with Gasteiger partial charge in [-0.2, -0.15) is 0 Å². The fourth-order valence-electron chi connectivity index (χ4n) is 4.75. The van der Waals surface area contributed by atoms with Crippen molar-refractivity contribution in [1.82, 2.24) is 19.6 Å². The lowest BCUT2D eigenvalue weighted by Crippen LogP contribution is -3.00. The van der Waals surface area contributed by atoms with E-state index in [4.69, 9.17) is 0 Å². The number of halogens is 2. The Bertz CT molecular complexity index is 1360. The molecule has 1 fully saturated rings. The summed E-state index contributed by atoms with van der Waals surface area (Å²) in [6.07, 6.45) is 3.43. The van der Waals surface area contributed by atoms with Crippen molar-refractivity contribution in [1.29, 1.82) is 0 Å². The summed E-state index contributed by atoms with van der Waals surface area (Å²) in [5, 5.41) is 25.9. The Kier molecular flexibility index (Phi) is 10.3. The monoisotopic (exact) mass is 672 g/mol. The molecule has 0 bridgehead atoms. The van der Waals surface area contributed by atoms with Crippen LogP contribution in [0.25, 0.3) is 0 Å². The molecule has 1 aliphatic heterocycles. The molecule has 0 radical (unpaired) electrons. The van der Waals surface area contributed by atoms with Crippen LogP contribution in [-0.4, -0.2) is 45.7 Å². The van der Waals surface area contributed by atoms with Crippen molar-refractivity contribution in [2.24, 2.45) is 48.6 Å². The topological polar surface area (TPSA) is 99.3 Å². The number of anilines is 2. The number of hydrogen-bond donors (Lipinski definition) is 0. The van der Waals surface area contributed by atoms with Gasteiger partial charge in [0.05, 0.1) is 39.6 Å². The van der Waals surface area contributed by atoms with Gasteiger partial charge in [0, 0.05) is 47.8 Å². The first kappa shape index (κ1) is 31.0. The molecule has 2 aromatic carbocycles. The second-order valence-electron chi connectivity index (χ2n) is 9.65. The minimum absolute atomic E-state index is 0. The smallest absolute Gasteiger partial charge is 0.403 e. The van der Waals surface area contributed by atoms with E-state index in [0.717, 1.165) is 37.6 Å².